The molecule has 1 saturated heterocycles. The third-order valence-corrected chi connectivity index (χ3v) is 5.54. The Kier molecular flexibility index (Phi) is 3.96. The molecule has 0 radical (unpaired) electrons. The summed E-state index contributed by atoms with van der Waals surface area (Å²) in [7, 11) is -0.0804. The monoisotopic (exact) mass is 292 g/mol. The maximum atomic E-state index is 12.4. The molecule has 0 saturated carbocycles. The quantitative estimate of drug-likeness (QED) is 0.867. The first-order valence-corrected chi connectivity index (χ1v) is 7.61. The topological polar surface area (TPSA) is 67.2 Å². The van der Waals surface area contributed by atoms with Crippen molar-refractivity contribution in [3.8, 4) is 0 Å². The molecule has 102 valence electrons. The van der Waals surface area contributed by atoms with E-state index in [2.05, 4.69) is 10.4 Å². The standard InChI is InChI=1S/C10H17ClN4O2S/c1-12-5-8-3-4-15(7-8)18(16,17)10-9(11)6-13-14(10)2/h6,8,12H,3-5,7H2,1-2H3. The summed E-state index contributed by atoms with van der Waals surface area (Å²) < 4.78 is 27.7. The van der Waals surface area contributed by atoms with E-state index in [1.807, 2.05) is 7.05 Å². The van der Waals surface area contributed by atoms with Gasteiger partial charge in [-0.1, -0.05) is 11.6 Å². The van der Waals surface area contributed by atoms with Gasteiger partial charge in [0.25, 0.3) is 10.0 Å². The van der Waals surface area contributed by atoms with Gasteiger partial charge in [0.15, 0.2) is 5.03 Å². The van der Waals surface area contributed by atoms with Crippen molar-refractivity contribution in [1.82, 2.24) is 19.4 Å². The van der Waals surface area contributed by atoms with Crippen LogP contribution in [0.3, 0.4) is 0 Å². The molecule has 1 aromatic rings. The fourth-order valence-electron chi connectivity index (χ4n) is 2.28. The van der Waals surface area contributed by atoms with Gasteiger partial charge in [-0.25, -0.2) is 8.42 Å². The Balaban J connectivity index is 2.23. The van der Waals surface area contributed by atoms with Gasteiger partial charge in [-0.15, -0.1) is 0 Å². The van der Waals surface area contributed by atoms with Crippen LogP contribution in [0.5, 0.6) is 0 Å². The van der Waals surface area contributed by atoms with Gasteiger partial charge in [-0.05, 0) is 25.9 Å². The molecule has 0 bridgehead atoms. The van der Waals surface area contributed by atoms with Gasteiger partial charge in [0.05, 0.1) is 11.2 Å². The second-order valence-corrected chi connectivity index (χ2v) is 6.76. The SMILES string of the molecule is CNCC1CCN(S(=O)(=O)c2c(Cl)cnn2C)C1. The summed E-state index contributed by atoms with van der Waals surface area (Å²) in [6.07, 6.45) is 2.23. The van der Waals surface area contributed by atoms with Crippen LogP contribution < -0.4 is 5.32 Å². The normalized spacial score (nSPS) is 21.6. The van der Waals surface area contributed by atoms with Crippen LogP contribution >= 0.6 is 11.6 Å². The van der Waals surface area contributed by atoms with Crippen molar-refractivity contribution in [1.29, 1.82) is 0 Å². The van der Waals surface area contributed by atoms with Crippen molar-refractivity contribution >= 4 is 21.6 Å². The van der Waals surface area contributed by atoms with Crippen LogP contribution in [0, 0.1) is 5.92 Å². The first-order valence-electron chi connectivity index (χ1n) is 5.79. The molecule has 6 nitrogen and oxygen atoms in total. The Morgan fingerprint density at radius 3 is 2.89 bits per heavy atom. The second kappa shape index (κ2) is 5.16. The van der Waals surface area contributed by atoms with Crippen molar-refractivity contribution < 1.29 is 8.42 Å². The van der Waals surface area contributed by atoms with E-state index in [0.29, 0.717) is 19.0 Å². The molecule has 1 aliphatic heterocycles. The van der Waals surface area contributed by atoms with Crippen LogP contribution in [0.15, 0.2) is 11.2 Å². The van der Waals surface area contributed by atoms with Crippen LogP contribution in [0.2, 0.25) is 5.02 Å². The zero-order valence-corrected chi connectivity index (χ0v) is 12.0. The third kappa shape index (κ3) is 2.40. The molecule has 2 rings (SSSR count). The fourth-order valence-corrected chi connectivity index (χ4v) is 4.42. The number of nitrogens with one attached hydrogen (secondary N) is 1. The zero-order chi connectivity index (χ0) is 13.3. The predicted octanol–water partition coefficient (Wildman–Crippen LogP) is 0.303. The number of sulfonamides is 1. The van der Waals surface area contributed by atoms with Crippen LogP contribution in [0.1, 0.15) is 6.42 Å². The Morgan fingerprint density at radius 2 is 2.33 bits per heavy atom. The Hall–Kier alpha value is -0.630. The molecule has 0 aromatic carbocycles. The lowest BCUT2D eigenvalue weighted by atomic mass is 10.1. The molecule has 1 unspecified atom stereocenters. The van der Waals surface area contributed by atoms with E-state index in [0.717, 1.165) is 13.0 Å². The molecular formula is C10H17ClN4O2S. The fraction of sp³-hybridized carbons (Fsp3) is 0.700. The number of aromatic nitrogens is 2. The lowest BCUT2D eigenvalue weighted by Crippen LogP contribution is -2.31. The van der Waals surface area contributed by atoms with Crippen molar-refractivity contribution in [3.05, 3.63) is 11.2 Å². The van der Waals surface area contributed by atoms with Gasteiger partial charge < -0.3 is 5.32 Å². The molecule has 1 aliphatic rings. The summed E-state index contributed by atoms with van der Waals surface area (Å²) >= 11 is 5.90. The van der Waals surface area contributed by atoms with Gasteiger partial charge in [-0.3, -0.25) is 4.68 Å². The minimum absolute atomic E-state index is 0.0780. The highest BCUT2D eigenvalue weighted by atomic mass is 35.5. The number of halogens is 1. The first-order chi connectivity index (χ1) is 8.46. The highest BCUT2D eigenvalue weighted by Crippen LogP contribution is 2.27. The zero-order valence-electron chi connectivity index (χ0n) is 10.4. The smallest absolute Gasteiger partial charge is 0.261 e. The number of hydrogen-bond donors (Lipinski definition) is 1. The number of aryl methyl sites for hydroxylation is 1. The molecule has 1 atom stereocenters. The molecule has 1 N–H and O–H groups in total. The van der Waals surface area contributed by atoms with Crippen molar-refractivity contribution in [2.24, 2.45) is 13.0 Å². The maximum Gasteiger partial charge on any atom is 0.261 e. The number of nitrogens with zero attached hydrogens (tertiary/aromatic N) is 3. The summed E-state index contributed by atoms with van der Waals surface area (Å²) in [5, 5.41) is 7.20. The van der Waals surface area contributed by atoms with E-state index in [1.165, 1.54) is 15.2 Å². The lowest BCUT2D eigenvalue weighted by Gasteiger charge is -2.16. The molecule has 2 heterocycles. The van der Waals surface area contributed by atoms with E-state index in [9.17, 15) is 8.42 Å². The second-order valence-electron chi connectivity index (χ2n) is 4.50. The van der Waals surface area contributed by atoms with Crippen molar-refractivity contribution in [2.75, 3.05) is 26.7 Å². The van der Waals surface area contributed by atoms with Crippen LogP contribution in [-0.4, -0.2) is 49.2 Å². The molecule has 18 heavy (non-hydrogen) atoms. The Labute approximate surface area is 112 Å². The summed E-state index contributed by atoms with van der Waals surface area (Å²) in [4.78, 5) is 0. The highest BCUT2D eigenvalue weighted by molar-refractivity contribution is 7.89. The molecule has 0 aliphatic carbocycles. The van der Waals surface area contributed by atoms with Gasteiger partial charge in [0.1, 0.15) is 0 Å². The van der Waals surface area contributed by atoms with Crippen LogP contribution in [-0.2, 0) is 17.1 Å². The summed E-state index contributed by atoms with van der Waals surface area (Å²) in [5.41, 5.74) is 0. The van der Waals surface area contributed by atoms with E-state index in [4.69, 9.17) is 11.6 Å². The molecular weight excluding hydrogens is 276 g/mol. The molecule has 1 fully saturated rings. The van der Waals surface area contributed by atoms with E-state index >= 15 is 0 Å². The first kappa shape index (κ1) is 13.8. The minimum Gasteiger partial charge on any atom is -0.319 e. The van der Waals surface area contributed by atoms with Gasteiger partial charge >= 0.3 is 0 Å². The highest BCUT2D eigenvalue weighted by Gasteiger charge is 2.35. The number of rotatable bonds is 4. The van der Waals surface area contributed by atoms with Gasteiger partial charge in [-0.2, -0.15) is 9.40 Å². The molecule has 8 heteroatoms. The maximum absolute atomic E-state index is 12.4. The van der Waals surface area contributed by atoms with E-state index < -0.39 is 10.0 Å². The van der Waals surface area contributed by atoms with Crippen molar-refractivity contribution in [2.45, 2.75) is 11.4 Å². The summed E-state index contributed by atoms with van der Waals surface area (Å²) in [6, 6.07) is 0. The average Bonchev–Trinajstić information content (AvgIpc) is 2.87. The predicted molar refractivity (Wildman–Crippen MR) is 69.0 cm³/mol. The largest absolute Gasteiger partial charge is 0.319 e. The van der Waals surface area contributed by atoms with E-state index in [-0.39, 0.29) is 10.0 Å². The van der Waals surface area contributed by atoms with Gasteiger partial charge in [0, 0.05) is 20.1 Å². The summed E-state index contributed by atoms with van der Waals surface area (Å²) in [6.45, 7) is 1.89. The van der Waals surface area contributed by atoms with Crippen LogP contribution in [0.25, 0.3) is 0 Å². The van der Waals surface area contributed by atoms with Gasteiger partial charge in [0.2, 0.25) is 0 Å². The molecule has 0 spiro atoms. The minimum atomic E-state index is -3.53. The Bertz CT molecular complexity index is 508. The van der Waals surface area contributed by atoms with Crippen LogP contribution in [0.4, 0.5) is 0 Å². The molecule has 0 amide bonds. The van der Waals surface area contributed by atoms with Crippen molar-refractivity contribution in [3.63, 3.8) is 0 Å². The molecule has 1 aromatic heterocycles. The van der Waals surface area contributed by atoms with E-state index in [1.54, 1.807) is 7.05 Å². The average molecular weight is 293 g/mol. The lowest BCUT2D eigenvalue weighted by molar-refractivity contribution is 0.444. The third-order valence-electron chi connectivity index (χ3n) is 3.17. The number of hydrogen-bond acceptors (Lipinski definition) is 4. The Morgan fingerprint density at radius 1 is 1.61 bits per heavy atom. The summed E-state index contributed by atoms with van der Waals surface area (Å²) in [5.74, 6) is 0.358.